The molecule has 2 rings (SSSR count). The third-order valence-corrected chi connectivity index (χ3v) is 5.29. The van der Waals surface area contributed by atoms with Gasteiger partial charge in [0.05, 0.1) is 0 Å². The summed E-state index contributed by atoms with van der Waals surface area (Å²) in [5, 5.41) is 3.53. The first kappa shape index (κ1) is 21.5. The van der Waals surface area contributed by atoms with Crippen LogP contribution in [0.1, 0.15) is 64.2 Å². The van der Waals surface area contributed by atoms with Crippen molar-refractivity contribution in [2.24, 2.45) is 0 Å². The summed E-state index contributed by atoms with van der Waals surface area (Å²) in [4.78, 5) is 26.9. The van der Waals surface area contributed by atoms with E-state index < -0.39 is 0 Å². The van der Waals surface area contributed by atoms with Gasteiger partial charge in [0.15, 0.2) is 0 Å². The maximum absolute atomic E-state index is 12.6. The number of nitrogens with zero attached hydrogens (tertiary/aromatic N) is 1. The van der Waals surface area contributed by atoms with E-state index in [1.165, 1.54) is 25.7 Å². The quantitative estimate of drug-likeness (QED) is 0.396. The monoisotopic (exact) mass is 390 g/mol. The van der Waals surface area contributed by atoms with Crippen LogP contribution >= 0.6 is 11.6 Å². The van der Waals surface area contributed by atoms with Crippen LogP contribution in [0.2, 0.25) is 5.02 Å². The predicted octanol–water partition coefficient (Wildman–Crippen LogP) is 5.58. The fraction of sp³-hybridized carbons (Fsp3) is 0.545. The number of likely N-dealkylation sites (tertiary alicyclic amines) is 1. The number of amides is 2. The summed E-state index contributed by atoms with van der Waals surface area (Å²) in [6.07, 6.45) is 12.0. The van der Waals surface area contributed by atoms with Crippen LogP contribution < -0.4 is 5.32 Å². The molecule has 1 aromatic carbocycles. The second-order valence-electron chi connectivity index (χ2n) is 7.19. The van der Waals surface area contributed by atoms with Crippen molar-refractivity contribution in [3.8, 4) is 0 Å². The molecule has 0 spiro atoms. The molecular weight excluding hydrogens is 360 g/mol. The van der Waals surface area contributed by atoms with Crippen molar-refractivity contribution in [3.05, 3.63) is 41.9 Å². The summed E-state index contributed by atoms with van der Waals surface area (Å²) in [6, 6.07) is 6.68. The van der Waals surface area contributed by atoms with Gasteiger partial charge in [-0.25, -0.2) is 0 Å². The molecule has 0 aliphatic carbocycles. The van der Waals surface area contributed by atoms with Crippen molar-refractivity contribution in [3.63, 3.8) is 0 Å². The Kier molecular flexibility index (Phi) is 9.40. The SMILES string of the molecule is C=CCCCCCCCCC(=O)N1CCCC1C(=O)Nc1ccc(Cl)cc1. The van der Waals surface area contributed by atoms with Crippen molar-refractivity contribution < 1.29 is 9.59 Å². The van der Waals surface area contributed by atoms with E-state index in [4.69, 9.17) is 11.6 Å². The van der Waals surface area contributed by atoms with Crippen LogP contribution in [0.25, 0.3) is 0 Å². The Bertz CT molecular complexity index is 615. The first-order chi connectivity index (χ1) is 13.1. The van der Waals surface area contributed by atoms with Gasteiger partial charge in [0, 0.05) is 23.7 Å². The van der Waals surface area contributed by atoms with Gasteiger partial charge in [0.25, 0.3) is 0 Å². The third kappa shape index (κ3) is 7.37. The molecule has 1 aromatic rings. The van der Waals surface area contributed by atoms with Crippen molar-refractivity contribution in [1.82, 2.24) is 4.90 Å². The lowest BCUT2D eigenvalue weighted by Gasteiger charge is -2.24. The number of carbonyl (C=O) groups is 2. The van der Waals surface area contributed by atoms with Gasteiger partial charge in [-0.05, 0) is 56.4 Å². The molecule has 1 N–H and O–H groups in total. The maximum Gasteiger partial charge on any atom is 0.247 e. The maximum atomic E-state index is 12.6. The normalized spacial score (nSPS) is 16.3. The number of unbranched alkanes of at least 4 members (excludes halogenated alkanes) is 6. The highest BCUT2D eigenvalue weighted by molar-refractivity contribution is 6.30. The molecule has 1 fully saturated rings. The van der Waals surface area contributed by atoms with Crippen LogP contribution in [-0.2, 0) is 9.59 Å². The first-order valence-electron chi connectivity index (χ1n) is 10.1. The Morgan fingerprint density at radius 1 is 1.11 bits per heavy atom. The molecule has 0 aromatic heterocycles. The molecule has 1 saturated heterocycles. The highest BCUT2D eigenvalue weighted by Crippen LogP contribution is 2.22. The first-order valence-corrected chi connectivity index (χ1v) is 10.5. The molecule has 1 aliphatic heterocycles. The molecule has 2 amide bonds. The van der Waals surface area contributed by atoms with Crippen LogP contribution in [0.5, 0.6) is 0 Å². The van der Waals surface area contributed by atoms with E-state index in [0.717, 1.165) is 32.1 Å². The van der Waals surface area contributed by atoms with Gasteiger partial charge >= 0.3 is 0 Å². The minimum absolute atomic E-state index is 0.106. The number of rotatable bonds is 11. The number of nitrogens with one attached hydrogen (secondary N) is 1. The second kappa shape index (κ2) is 11.8. The van der Waals surface area contributed by atoms with E-state index in [1.807, 2.05) is 6.08 Å². The zero-order chi connectivity index (χ0) is 19.5. The standard InChI is InChI=1S/C22H31ClN2O2/c1-2-3-4-5-6-7-8-9-12-21(26)25-17-10-11-20(25)22(27)24-19-15-13-18(23)14-16-19/h2,13-16,20H,1,3-12,17H2,(H,24,27). The summed E-state index contributed by atoms with van der Waals surface area (Å²) >= 11 is 5.87. The smallest absolute Gasteiger partial charge is 0.247 e. The van der Waals surface area contributed by atoms with Crippen molar-refractivity contribution in [2.45, 2.75) is 70.3 Å². The van der Waals surface area contributed by atoms with Gasteiger partial charge in [-0.3, -0.25) is 9.59 Å². The van der Waals surface area contributed by atoms with Gasteiger partial charge in [0.1, 0.15) is 6.04 Å². The second-order valence-corrected chi connectivity index (χ2v) is 7.63. The van der Waals surface area contributed by atoms with Crippen LogP contribution in [0.15, 0.2) is 36.9 Å². The van der Waals surface area contributed by atoms with E-state index in [9.17, 15) is 9.59 Å². The number of anilines is 1. The number of allylic oxidation sites excluding steroid dienone is 1. The van der Waals surface area contributed by atoms with E-state index >= 15 is 0 Å². The van der Waals surface area contributed by atoms with E-state index in [2.05, 4.69) is 11.9 Å². The molecule has 1 atom stereocenters. The zero-order valence-corrected chi connectivity index (χ0v) is 16.8. The molecule has 5 heteroatoms. The molecule has 0 bridgehead atoms. The Hall–Kier alpha value is -1.81. The Labute approximate surface area is 168 Å². The molecule has 0 radical (unpaired) electrons. The van der Waals surface area contributed by atoms with Gasteiger partial charge in [-0.2, -0.15) is 0 Å². The molecule has 148 valence electrons. The summed E-state index contributed by atoms with van der Waals surface area (Å²) in [5.41, 5.74) is 0.708. The molecular formula is C22H31ClN2O2. The molecule has 1 heterocycles. The average Bonchev–Trinajstić information content (AvgIpc) is 3.16. The number of hydrogen-bond donors (Lipinski definition) is 1. The molecule has 0 saturated carbocycles. The van der Waals surface area contributed by atoms with Crippen LogP contribution in [0.3, 0.4) is 0 Å². The largest absolute Gasteiger partial charge is 0.331 e. The third-order valence-electron chi connectivity index (χ3n) is 5.04. The van der Waals surface area contributed by atoms with Gasteiger partial charge in [-0.15, -0.1) is 6.58 Å². The predicted molar refractivity (Wildman–Crippen MR) is 112 cm³/mol. The van der Waals surface area contributed by atoms with Crippen LogP contribution in [0.4, 0.5) is 5.69 Å². The van der Waals surface area contributed by atoms with E-state index in [-0.39, 0.29) is 17.9 Å². The van der Waals surface area contributed by atoms with Crippen molar-refractivity contribution in [2.75, 3.05) is 11.9 Å². The van der Waals surface area contributed by atoms with Gasteiger partial charge in [-0.1, -0.05) is 43.4 Å². The lowest BCUT2D eigenvalue weighted by molar-refractivity contribution is -0.136. The van der Waals surface area contributed by atoms with Gasteiger partial charge in [0.2, 0.25) is 11.8 Å². The summed E-state index contributed by atoms with van der Waals surface area (Å²) in [7, 11) is 0. The van der Waals surface area contributed by atoms with E-state index in [1.54, 1.807) is 29.2 Å². The summed E-state index contributed by atoms with van der Waals surface area (Å²) in [5.74, 6) is 0.000745. The summed E-state index contributed by atoms with van der Waals surface area (Å²) in [6.45, 7) is 4.41. The molecule has 1 unspecified atom stereocenters. The lowest BCUT2D eigenvalue weighted by atomic mass is 10.1. The fourth-order valence-electron chi connectivity index (χ4n) is 3.51. The van der Waals surface area contributed by atoms with E-state index in [0.29, 0.717) is 23.7 Å². The molecule has 27 heavy (non-hydrogen) atoms. The number of hydrogen-bond acceptors (Lipinski definition) is 2. The highest BCUT2D eigenvalue weighted by atomic mass is 35.5. The minimum Gasteiger partial charge on any atom is -0.331 e. The minimum atomic E-state index is -0.355. The number of benzene rings is 1. The number of halogens is 1. The fourth-order valence-corrected chi connectivity index (χ4v) is 3.64. The molecule has 4 nitrogen and oxygen atoms in total. The van der Waals surface area contributed by atoms with Gasteiger partial charge < -0.3 is 10.2 Å². The van der Waals surface area contributed by atoms with Crippen LogP contribution in [0, 0.1) is 0 Å². The average molecular weight is 391 g/mol. The van der Waals surface area contributed by atoms with Crippen LogP contribution in [-0.4, -0.2) is 29.3 Å². The topological polar surface area (TPSA) is 49.4 Å². The highest BCUT2D eigenvalue weighted by Gasteiger charge is 2.33. The Morgan fingerprint density at radius 3 is 2.48 bits per heavy atom. The lowest BCUT2D eigenvalue weighted by Crippen LogP contribution is -2.43. The summed E-state index contributed by atoms with van der Waals surface area (Å²) < 4.78 is 0. The molecule has 1 aliphatic rings. The Morgan fingerprint density at radius 2 is 1.78 bits per heavy atom. The zero-order valence-electron chi connectivity index (χ0n) is 16.1. The number of carbonyl (C=O) groups excluding carboxylic acids is 2. The van der Waals surface area contributed by atoms with Crippen molar-refractivity contribution in [1.29, 1.82) is 0 Å². The van der Waals surface area contributed by atoms with Crippen molar-refractivity contribution >= 4 is 29.1 Å². The Balaban J connectivity index is 1.71.